The lowest BCUT2D eigenvalue weighted by molar-refractivity contribution is 0.303. The fraction of sp³-hybridized carbons (Fsp3) is 0.261. The Hall–Kier alpha value is -3.39. The zero-order valence-electron chi connectivity index (χ0n) is 15.8. The average molecular weight is 371 g/mol. The predicted molar refractivity (Wildman–Crippen MR) is 107 cm³/mol. The maximum Gasteiger partial charge on any atom is 0.254 e. The van der Waals surface area contributed by atoms with Crippen LogP contribution in [0.2, 0.25) is 0 Å². The molecule has 0 amide bonds. The fourth-order valence-corrected chi connectivity index (χ4v) is 2.85. The minimum Gasteiger partial charge on any atom is -0.489 e. The van der Waals surface area contributed by atoms with E-state index in [1.165, 1.54) is 25.2 Å². The van der Waals surface area contributed by atoms with E-state index >= 15 is 0 Å². The van der Waals surface area contributed by atoms with E-state index in [-0.39, 0.29) is 5.56 Å². The average Bonchev–Trinajstić information content (AvgIpc) is 3.54. The summed E-state index contributed by atoms with van der Waals surface area (Å²) in [6.07, 6.45) is 7.32. The van der Waals surface area contributed by atoms with Gasteiger partial charge in [-0.3, -0.25) is 4.79 Å². The second kappa shape index (κ2) is 8.10. The summed E-state index contributed by atoms with van der Waals surface area (Å²) in [7, 11) is 0. The molecule has 1 aromatic carbocycles. The van der Waals surface area contributed by atoms with Crippen LogP contribution in [0, 0.1) is 24.7 Å². The lowest BCUT2D eigenvalue weighted by atomic mass is 10.1. The Morgan fingerprint density at radius 1 is 1.11 bits per heavy atom. The zero-order chi connectivity index (χ0) is 19.3. The van der Waals surface area contributed by atoms with Crippen LogP contribution in [0.4, 0.5) is 0 Å². The van der Waals surface area contributed by atoms with Gasteiger partial charge >= 0.3 is 0 Å². The third-order valence-corrected chi connectivity index (χ3v) is 4.62. The first-order chi connectivity index (χ1) is 13.7. The number of hydrogen-bond donors (Lipinski definition) is 0. The van der Waals surface area contributed by atoms with Crippen molar-refractivity contribution in [3.63, 3.8) is 0 Å². The van der Waals surface area contributed by atoms with Gasteiger partial charge in [0.1, 0.15) is 18.7 Å². The van der Waals surface area contributed by atoms with Crippen molar-refractivity contribution < 1.29 is 4.74 Å². The normalized spacial score (nSPS) is 12.9. The Morgan fingerprint density at radius 2 is 1.86 bits per heavy atom. The molecular weight excluding hydrogens is 350 g/mol. The lowest BCUT2D eigenvalue weighted by Crippen LogP contribution is -2.22. The number of aryl methyl sites for hydroxylation is 1. The molecule has 1 aliphatic rings. The molecule has 3 aromatic rings. The van der Waals surface area contributed by atoms with Gasteiger partial charge in [0.2, 0.25) is 0 Å². The Bertz CT molecular complexity index is 1070. The summed E-state index contributed by atoms with van der Waals surface area (Å²) in [5, 5.41) is 0. The molecule has 1 aliphatic carbocycles. The number of nitrogens with zero attached hydrogens (tertiary/aromatic N) is 3. The summed E-state index contributed by atoms with van der Waals surface area (Å²) in [4.78, 5) is 20.5. The van der Waals surface area contributed by atoms with Crippen molar-refractivity contribution in [2.24, 2.45) is 5.92 Å². The van der Waals surface area contributed by atoms with Crippen LogP contribution in [0.25, 0.3) is 0 Å². The molecule has 0 saturated heterocycles. The molecule has 5 heteroatoms. The molecule has 28 heavy (non-hydrogen) atoms. The van der Waals surface area contributed by atoms with Crippen LogP contribution in [0.3, 0.4) is 0 Å². The van der Waals surface area contributed by atoms with Crippen LogP contribution in [0.15, 0.2) is 59.9 Å². The van der Waals surface area contributed by atoms with Crippen molar-refractivity contribution in [2.45, 2.75) is 32.9 Å². The highest BCUT2D eigenvalue weighted by atomic mass is 16.5. The van der Waals surface area contributed by atoms with E-state index in [4.69, 9.17) is 4.74 Å². The van der Waals surface area contributed by atoms with Gasteiger partial charge in [-0.25, -0.2) is 9.97 Å². The summed E-state index contributed by atoms with van der Waals surface area (Å²) >= 11 is 0. The molecule has 1 saturated carbocycles. The lowest BCUT2D eigenvalue weighted by Gasteiger charge is -2.12. The molecule has 0 radical (unpaired) electrons. The maximum absolute atomic E-state index is 12.6. The van der Waals surface area contributed by atoms with E-state index in [9.17, 15) is 4.79 Å². The van der Waals surface area contributed by atoms with Gasteiger partial charge in [0.15, 0.2) is 0 Å². The van der Waals surface area contributed by atoms with E-state index in [1.54, 1.807) is 17.0 Å². The Morgan fingerprint density at radius 3 is 2.54 bits per heavy atom. The number of ether oxygens (including phenoxy) is 1. The molecule has 0 spiro atoms. The van der Waals surface area contributed by atoms with Gasteiger partial charge in [0.25, 0.3) is 5.56 Å². The van der Waals surface area contributed by atoms with Gasteiger partial charge in [0.05, 0.1) is 6.54 Å². The topological polar surface area (TPSA) is 57.0 Å². The molecule has 0 atom stereocenters. The first-order valence-electron chi connectivity index (χ1n) is 9.36. The van der Waals surface area contributed by atoms with E-state index < -0.39 is 0 Å². The van der Waals surface area contributed by atoms with Gasteiger partial charge in [-0.05, 0) is 43.5 Å². The van der Waals surface area contributed by atoms with Crippen LogP contribution in [-0.2, 0) is 13.2 Å². The van der Waals surface area contributed by atoms with Crippen LogP contribution < -0.4 is 10.3 Å². The molecular formula is C23H21N3O2. The molecule has 0 N–H and O–H groups in total. The number of rotatable bonds is 5. The van der Waals surface area contributed by atoms with Gasteiger partial charge < -0.3 is 9.30 Å². The van der Waals surface area contributed by atoms with Crippen LogP contribution in [0.5, 0.6) is 5.75 Å². The first-order valence-corrected chi connectivity index (χ1v) is 9.36. The van der Waals surface area contributed by atoms with E-state index in [0.717, 1.165) is 22.4 Å². The summed E-state index contributed by atoms with van der Waals surface area (Å²) < 4.78 is 7.46. The summed E-state index contributed by atoms with van der Waals surface area (Å²) in [6, 6.07) is 11.5. The Kier molecular flexibility index (Phi) is 5.20. The van der Waals surface area contributed by atoms with Crippen molar-refractivity contribution in [1.82, 2.24) is 14.5 Å². The summed E-state index contributed by atoms with van der Waals surface area (Å²) in [5.41, 5.74) is 3.71. The highest BCUT2D eigenvalue weighted by molar-refractivity contribution is 5.37. The van der Waals surface area contributed by atoms with Crippen molar-refractivity contribution in [1.29, 1.82) is 0 Å². The third-order valence-electron chi connectivity index (χ3n) is 4.62. The first kappa shape index (κ1) is 18.0. The molecule has 2 aromatic heterocycles. The minimum absolute atomic E-state index is 0.0862. The van der Waals surface area contributed by atoms with Crippen molar-refractivity contribution in [3.05, 3.63) is 87.9 Å². The van der Waals surface area contributed by atoms with E-state index in [1.807, 2.05) is 37.3 Å². The van der Waals surface area contributed by atoms with Crippen molar-refractivity contribution >= 4 is 0 Å². The molecule has 1 fully saturated rings. The standard InChI is InChI=1S/C23H21N3O2/c1-17-10-22(28-15-21-12-24-16-25-13-21)11-23(27)26(17)14-20-8-6-19(7-9-20)5-4-18-2-3-18/h6-13,16,18H,2-3,14-15H2,1H3. The number of aromatic nitrogens is 3. The molecule has 5 nitrogen and oxygen atoms in total. The SMILES string of the molecule is Cc1cc(OCc2cncnc2)cc(=O)n1Cc1ccc(C#CC2CC2)cc1. The molecule has 0 unspecified atom stereocenters. The second-order valence-corrected chi connectivity index (χ2v) is 7.03. The van der Waals surface area contributed by atoms with Gasteiger partial charge in [0, 0.05) is 41.2 Å². The van der Waals surface area contributed by atoms with Crippen LogP contribution >= 0.6 is 0 Å². The summed E-state index contributed by atoms with van der Waals surface area (Å²) in [5.74, 6) is 7.62. The predicted octanol–water partition coefficient (Wildman–Crippen LogP) is 3.34. The van der Waals surface area contributed by atoms with Crippen LogP contribution in [-0.4, -0.2) is 14.5 Å². The highest BCUT2D eigenvalue weighted by Gasteiger charge is 2.17. The Balaban J connectivity index is 1.44. The van der Waals surface area contributed by atoms with Gasteiger partial charge in [-0.1, -0.05) is 24.0 Å². The van der Waals surface area contributed by atoms with E-state index in [0.29, 0.717) is 24.8 Å². The fourth-order valence-electron chi connectivity index (χ4n) is 2.85. The molecule has 4 rings (SSSR count). The van der Waals surface area contributed by atoms with Gasteiger partial charge in [-0.15, -0.1) is 0 Å². The van der Waals surface area contributed by atoms with E-state index in [2.05, 4.69) is 21.8 Å². The smallest absolute Gasteiger partial charge is 0.254 e. The number of hydrogen-bond acceptors (Lipinski definition) is 4. The molecule has 0 aliphatic heterocycles. The van der Waals surface area contributed by atoms with Crippen LogP contribution in [0.1, 0.15) is 35.2 Å². The number of pyridine rings is 1. The molecule has 140 valence electrons. The zero-order valence-corrected chi connectivity index (χ0v) is 15.8. The summed E-state index contributed by atoms with van der Waals surface area (Å²) in [6.45, 7) is 2.76. The monoisotopic (exact) mass is 371 g/mol. The minimum atomic E-state index is -0.0862. The third kappa shape index (κ3) is 4.66. The molecule has 0 bridgehead atoms. The quantitative estimate of drug-likeness (QED) is 0.646. The number of benzene rings is 1. The Labute approximate surface area is 164 Å². The van der Waals surface area contributed by atoms with Gasteiger partial charge in [-0.2, -0.15) is 0 Å². The second-order valence-electron chi connectivity index (χ2n) is 7.03. The highest BCUT2D eigenvalue weighted by Crippen LogP contribution is 2.27. The van der Waals surface area contributed by atoms with Crippen molar-refractivity contribution in [2.75, 3.05) is 0 Å². The van der Waals surface area contributed by atoms with Crippen molar-refractivity contribution in [3.8, 4) is 17.6 Å². The maximum atomic E-state index is 12.6. The largest absolute Gasteiger partial charge is 0.489 e. The molecule has 2 heterocycles.